The number of anilines is 5. The molecule has 0 aliphatic carbocycles. The van der Waals surface area contributed by atoms with Crippen molar-refractivity contribution in [3.05, 3.63) is 45.7 Å². The summed E-state index contributed by atoms with van der Waals surface area (Å²) in [6, 6.07) is 7.08. The van der Waals surface area contributed by atoms with Crippen molar-refractivity contribution >= 4 is 63.8 Å². The average Bonchev–Trinajstić information content (AvgIpc) is 3.21. The lowest BCUT2D eigenvalue weighted by molar-refractivity contribution is 0.0269. The number of hydroxylamine groups is 1. The predicted molar refractivity (Wildman–Crippen MR) is 138 cm³/mol. The van der Waals surface area contributed by atoms with Crippen molar-refractivity contribution in [1.29, 1.82) is 0 Å². The maximum Gasteiger partial charge on any atom is 0.533 e. The number of hydrogen-bond acceptors (Lipinski definition) is 11. The van der Waals surface area contributed by atoms with Gasteiger partial charge in [0, 0.05) is 25.2 Å². The fourth-order valence-corrected chi connectivity index (χ4v) is 4.23. The van der Waals surface area contributed by atoms with Gasteiger partial charge in [-0.1, -0.05) is 11.6 Å². The highest BCUT2D eigenvalue weighted by atomic mass is 35.5. The summed E-state index contributed by atoms with van der Waals surface area (Å²) >= 11 is 7.60. The van der Waals surface area contributed by atoms with Crippen LogP contribution in [0.25, 0.3) is 0 Å². The van der Waals surface area contributed by atoms with Crippen molar-refractivity contribution < 1.29 is 23.9 Å². The first-order valence-corrected chi connectivity index (χ1v) is 12.4. The Labute approximate surface area is 216 Å². The van der Waals surface area contributed by atoms with Crippen molar-refractivity contribution in [2.24, 2.45) is 0 Å². The first-order valence-electron chi connectivity index (χ1n) is 11.1. The van der Waals surface area contributed by atoms with Crippen molar-refractivity contribution in [2.75, 3.05) is 35.9 Å². The highest BCUT2D eigenvalue weighted by molar-refractivity contribution is 7.12. The summed E-state index contributed by atoms with van der Waals surface area (Å²) in [4.78, 5) is 38.7. The van der Waals surface area contributed by atoms with Gasteiger partial charge < -0.3 is 30.3 Å². The number of thiophene rings is 1. The van der Waals surface area contributed by atoms with Gasteiger partial charge in [-0.05, 0) is 37.4 Å². The van der Waals surface area contributed by atoms with Crippen LogP contribution in [-0.4, -0.2) is 48.3 Å². The number of hydrogen-bond donors (Lipinski definition) is 3. The average molecular weight is 533 g/mol. The van der Waals surface area contributed by atoms with Crippen molar-refractivity contribution in [2.45, 2.75) is 26.4 Å². The summed E-state index contributed by atoms with van der Waals surface area (Å²) < 4.78 is 10.9. The lowest BCUT2D eigenvalue weighted by Crippen LogP contribution is -2.29. The molecule has 0 fully saturated rings. The summed E-state index contributed by atoms with van der Waals surface area (Å²) in [5.74, 6) is 0.930. The zero-order valence-electron chi connectivity index (χ0n) is 19.8. The van der Waals surface area contributed by atoms with E-state index in [-0.39, 0.29) is 18.0 Å². The molecular weight excluding hydrogens is 508 g/mol. The topological polar surface area (TPSA) is 127 Å². The Balaban J connectivity index is 1.52. The molecule has 0 saturated carbocycles. The molecule has 36 heavy (non-hydrogen) atoms. The smallest absolute Gasteiger partial charge is 0.491 e. The highest BCUT2D eigenvalue weighted by Crippen LogP contribution is 2.35. The van der Waals surface area contributed by atoms with Crippen molar-refractivity contribution in [3.8, 4) is 5.75 Å². The van der Waals surface area contributed by atoms with Crippen molar-refractivity contribution in [3.63, 3.8) is 0 Å². The molecule has 190 valence electrons. The second-order valence-corrected chi connectivity index (χ2v) is 9.20. The molecule has 3 aromatic rings. The third kappa shape index (κ3) is 6.07. The molecule has 0 radical (unpaired) electrons. The standard InChI is InChI=1S/C23H25ClN6O5S/c1-13(2)34-23(32)35-30-8-4-9-33-18-11-14(5-6-17(18)30)27-22-26-12-15(24)20(29-22)28-16-7-10-36-19(16)21(31)25-3/h5-7,10-13H,4,8-9H2,1-3H3,(H,25,31)(H2,26,27,28,29). The molecule has 1 aliphatic heterocycles. The van der Waals surface area contributed by atoms with E-state index >= 15 is 0 Å². The Bertz CT molecular complexity index is 1250. The number of fused-ring (bicyclic) bond motifs is 1. The molecule has 0 atom stereocenters. The van der Waals surface area contributed by atoms with Crippen LogP contribution in [0.1, 0.15) is 29.9 Å². The largest absolute Gasteiger partial charge is 0.533 e. The van der Waals surface area contributed by atoms with E-state index in [1.807, 2.05) is 0 Å². The molecule has 1 amide bonds. The molecule has 11 nitrogen and oxygen atoms in total. The maximum absolute atomic E-state index is 12.1. The lowest BCUT2D eigenvalue weighted by Gasteiger charge is -2.22. The second-order valence-electron chi connectivity index (χ2n) is 7.88. The van der Waals surface area contributed by atoms with E-state index in [0.717, 1.165) is 0 Å². The molecule has 0 bridgehead atoms. The van der Waals surface area contributed by atoms with Crippen molar-refractivity contribution in [1.82, 2.24) is 15.3 Å². The van der Waals surface area contributed by atoms with Gasteiger partial charge in [-0.2, -0.15) is 10.0 Å². The van der Waals surface area contributed by atoms with Crippen LogP contribution in [0.5, 0.6) is 5.75 Å². The number of nitrogens with one attached hydrogen (secondary N) is 3. The molecule has 1 aliphatic rings. The fraction of sp³-hybridized carbons (Fsp3) is 0.304. The summed E-state index contributed by atoms with van der Waals surface area (Å²) in [7, 11) is 1.57. The number of aromatic nitrogens is 2. The predicted octanol–water partition coefficient (Wildman–Crippen LogP) is 5.10. The molecule has 0 unspecified atom stereocenters. The Morgan fingerprint density at radius 2 is 2.08 bits per heavy atom. The minimum Gasteiger partial charge on any atom is -0.491 e. The number of carbonyl (C=O) groups is 2. The summed E-state index contributed by atoms with van der Waals surface area (Å²) in [6.45, 7) is 4.41. The van der Waals surface area contributed by atoms with Gasteiger partial charge in [-0.25, -0.2) is 9.78 Å². The second kappa shape index (κ2) is 11.3. The quantitative estimate of drug-likeness (QED) is 0.353. The van der Waals surface area contributed by atoms with Crippen LogP contribution in [0.3, 0.4) is 0 Å². The summed E-state index contributed by atoms with van der Waals surface area (Å²) in [5.41, 5.74) is 1.83. The van der Waals surface area contributed by atoms with Gasteiger partial charge in [-0.15, -0.1) is 11.3 Å². The third-order valence-corrected chi connectivity index (χ3v) is 6.05. The first kappa shape index (κ1) is 25.3. The zero-order chi connectivity index (χ0) is 25.7. The number of carbonyl (C=O) groups excluding carboxylic acids is 2. The molecule has 0 spiro atoms. The lowest BCUT2D eigenvalue weighted by atomic mass is 10.2. The summed E-state index contributed by atoms with van der Waals surface area (Å²) in [5, 5.41) is 12.4. The van der Waals surface area contributed by atoms with Crippen LogP contribution >= 0.6 is 22.9 Å². The van der Waals surface area contributed by atoms with E-state index in [4.69, 9.17) is 25.9 Å². The van der Waals surface area contributed by atoms with E-state index in [9.17, 15) is 9.59 Å². The maximum atomic E-state index is 12.1. The molecule has 4 rings (SSSR count). The first-order chi connectivity index (χ1) is 17.3. The minimum atomic E-state index is -0.778. The Morgan fingerprint density at radius 3 is 2.86 bits per heavy atom. The molecular formula is C23H25ClN6O5S. The minimum absolute atomic E-state index is 0.212. The van der Waals surface area contributed by atoms with E-state index < -0.39 is 6.16 Å². The van der Waals surface area contributed by atoms with Crippen LogP contribution in [0, 0.1) is 0 Å². The summed E-state index contributed by atoms with van der Waals surface area (Å²) in [6.07, 6.45) is 1.05. The number of amides is 1. The van der Waals surface area contributed by atoms with Crippen LogP contribution in [0.4, 0.5) is 33.6 Å². The third-order valence-electron chi connectivity index (χ3n) is 4.86. The number of halogens is 1. The van der Waals surface area contributed by atoms with Crippen LogP contribution < -0.4 is 25.8 Å². The molecule has 13 heteroatoms. The molecule has 1 aromatic carbocycles. The molecule has 3 heterocycles. The van der Waals surface area contributed by atoms with Gasteiger partial charge >= 0.3 is 6.16 Å². The normalized spacial score (nSPS) is 12.8. The molecule has 0 saturated heterocycles. The zero-order valence-corrected chi connectivity index (χ0v) is 21.4. The van der Waals surface area contributed by atoms with E-state index in [0.29, 0.717) is 58.1 Å². The molecule has 3 N–H and O–H groups in total. The van der Waals surface area contributed by atoms with Crippen LogP contribution in [0.15, 0.2) is 35.8 Å². The Morgan fingerprint density at radius 1 is 1.25 bits per heavy atom. The van der Waals surface area contributed by atoms with E-state index in [1.165, 1.54) is 22.6 Å². The molecule has 2 aromatic heterocycles. The number of nitrogens with zero attached hydrogens (tertiary/aromatic N) is 3. The SMILES string of the molecule is CNC(=O)c1sccc1Nc1nc(Nc2ccc3c(c2)OCCCN3OC(=O)OC(C)C)ncc1Cl. The Hall–Kier alpha value is -3.77. The van der Waals surface area contributed by atoms with E-state index in [2.05, 4.69) is 25.9 Å². The fourth-order valence-electron chi connectivity index (χ4n) is 3.29. The van der Waals surface area contributed by atoms with Gasteiger partial charge in [-0.3, -0.25) is 4.79 Å². The Kier molecular flexibility index (Phi) is 7.96. The number of benzene rings is 1. The highest BCUT2D eigenvalue weighted by Gasteiger charge is 2.22. The number of ether oxygens (including phenoxy) is 2. The van der Waals surface area contributed by atoms with Gasteiger partial charge in [0.25, 0.3) is 5.91 Å². The van der Waals surface area contributed by atoms with E-state index in [1.54, 1.807) is 50.5 Å². The van der Waals surface area contributed by atoms with Crippen LogP contribution in [0.2, 0.25) is 5.02 Å². The van der Waals surface area contributed by atoms with Gasteiger partial charge in [0.2, 0.25) is 5.95 Å². The van der Waals surface area contributed by atoms with Crippen LogP contribution in [-0.2, 0) is 9.57 Å². The monoisotopic (exact) mass is 532 g/mol. The number of rotatable bonds is 7. The van der Waals surface area contributed by atoms with Gasteiger partial charge in [0.1, 0.15) is 21.3 Å². The van der Waals surface area contributed by atoms with Gasteiger partial charge in [0.15, 0.2) is 5.82 Å². The van der Waals surface area contributed by atoms with Gasteiger partial charge in [0.05, 0.1) is 31.1 Å².